The summed E-state index contributed by atoms with van der Waals surface area (Å²) in [7, 11) is 1.46. The maximum atomic E-state index is 12.8. The van der Waals surface area contributed by atoms with Crippen molar-refractivity contribution in [2.24, 2.45) is 0 Å². The van der Waals surface area contributed by atoms with Crippen molar-refractivity contribution in [3.8, 4) is 0 Å². The SMILES string of the molecule is CC/C=C\C/C=C\C/C=C\C/C=C\C/C=C\C/C=C\CCCCCCCCC(=O)OC(COC(=O)CCCCCCCCCCCCCCCCCC/C=C\C/C=C\C/C=C\CCCCCCC)COP(=O)(O)OCC[N+](C)(C)C. The number of quaternary nitrogens is 1. The standard InChI is InChI=1S/C70H122NO8P/c1-6-8-10-12-14-16-18-20-22-24-26-28-30-32-33-34-35-36-37-39-40-42-44-46-48-50-52-54-56-58-60-62-69(72)76-66-68(67-78-80(74,75)77-65-64-71(3,4)5)79-70(73)63-61-59-57-55-53-51-49-47-45-43-41-38-31-29-27-25-23-21-19-17-15-13-11-9-7-2/h9,11,15,17-18,20-21,23-24,26-27,29-30,32,38,41,45,47,68H,6-8,10,12-14,16,19,22,25,28,31,33-37,39-40,42-44,46,48-67H2,1-5H3/p+1/b11-9-,17-15-,20-18-,23-21-,26-24-,29-27-,32-30-,41-38-,47-45-. The Bertz CT molecular complexity index is 1720. The lowest BCUT2D eigenvalue weighted by Crippen LogP contribution is -2.37. The molecule has 0 aliphatic rings. The first kappa shape index (κ1) is 76.7. The third kappa shape index (κ3) is 63.8. The number of rotatable bonds is 59. The lowest BCUT2D eigenvalue weighted by molar-refractivity contribution is -0.870. The Hall–Kier alpha value is -3.33. The number of nitrogens with zero attached hydrogens (tertiary/aromatic N) is 1. The monoisotopic (exact) mass is 1140 g/mol. The first-order chi connectivity index (χ1) is 39.0. The number of ether oxygens (including phenoxy) is 2. The third-order valence-corrected chi connectivity index (χ3v) is 14.8. The van der Waals surface area contributed by atoms with Gasteiger partial charge in [0.2, 0.25) is 0 Å². The average Bonchev–Trinajstić information content (AvgIpc) is 3.42. The number of hydrogen-bond donors (Lipinski definition) is 1. The molecule has 0 rings (SSSR count). The van der Waals surface area contributed by atoms with Crippen LogP contribution in [0.5, 0.6) is 0 Å². The zero-order valence-corrected chi connectivity index (χ0v) is 53.2. The summed E-state index contributed by atoms with van der Waals surface area (Å²) in [6, 6.07) is 0. The molecule has 0 aromatic heterocycles. The molecule has 80 heavy (non-hydrogen) atoms. The van der Waals surface area contributed by atoms with Gasteiger partial charge in [0.25, 0.3) is 0 Å². The van der Waals surface area contributed by atoms with Crippen LogP contribution < -0.4 is 0 Å². The predicted molar refractivity (Wildman–Crippen MR) is 344 cm³/mol. The van der Waals surface area contributed by atoms with Crippen molar-refractivity contribution in [3.63, 3.8) is 0 Å². The quantitative estimate of drug-likeness (QED) is 0.0211. The van der Waals surface area contributed by atoms with Crippen LogP contribution >= 0.6 is 7.82 Å². The number of esters is 2. The van der Waals surface area contributed by atoms with Gasteiger partial charge >= 0.3 is 19.8 Å². The van der Waals surface area contributed by atoms with E-state index in [4.69, 9.17) is 18.5 Å². The van der Waals surface area contributed by atoms with Gasteiger partial charge in [0.1, 0.15) is 19.8 Å². The minimum Gasteiger partial charge on any atom is -0.462 e. The molecule has 10 heteroatoms. The Labute approximate surface area is 493 Å². The Balaban J connectivity index is 4.13. The summed E-state index contributed by atoms with van der Waals surface area (Å²) in [5.41, 5.74) is 0. The molecule has 0 spiro atoms. The van der Waals surface area contributed by atoms with Crippen LogP contribution in [0.25, 0.3) is 0 Å². The molecular weight excluding hydrogens is 1010 g/mol. The molecule has 0 heterocycles. The molecule has 2 unspecified atom stereocenters. The molecule has 0 amide bonds. The molecule has 460 valence electrons. The van der Waals surface area contributed by atoms with Gasteiger partial charge in [0.15, 0.2) is 6.10 Å². The molecule has 2 atom stereocenters. The maximum Gasteiger partial charge on any atom is 0.472 e. The van der Waals surface area contributed by atoms with Crippen LogP contribution in [0.4, 0.5) is 0 Å². The van der Waals surface area contributed by atoms with Gasteiger partial charge < -0.3 is 18.9 Å². The molecule has 0 radical (unpaired) electrons. The van der Waals surface area contributed by atoms with Gasteiger partial charge in [-0.25, -0.2) is 4.57 Å². The van der Waals surface area contributed by atoms with Gasteiger partial charge in [0.05, 0.1) is 27.7 Å². The fraction of sp³-hybridized carbons (Fsp3) is 0.714. The van der Waals surface area contributed by atoms with Crippen LogP contribution in [0, 0.1) is 0 Å². The van der Waals surface area contributed by atoms with Crippen molar-refractivity contribution in [2.75, 3.05) is 47.5 Å². The normalized spacial score (nSPS) is 13.9. The van der Waals surface area contributed by atoms with E-state index in [9.17, 15) is 19.0 Å². The molecule has 0 bridgehead atoms. The number of carbonyl (C=O) groups is 2. The number of phosphoric ester groups is 1. The zero-order chi connectivity index (χ0) is 58.4. The van der Waals surface area contributed by atoms with Gasteiger partial charge in [-0.15, -0.1) is 0 Å². The van der Waals surface area contributed by atoms with E-state index in [1.54, 1.807) is 0 Å². The van der Waals surface area contributed by atoms with Crippen LogP contribution in [0.15, 0.2) is 109 Å². The Morgan fingerprint density at radius 1 is 0.400 bits per heavy atom. The number of unbranched alkanes of at least 4 members (excludes halogenated alkanes) is 27. The van der Waals surface area contributed by atoms with E-state index in [-0.39, 0.29) is 32.0 Å². The highest BCUT2D eigenvalue weighted by Gasteiger charge is 2.27. The summed E-state index contributed by atoms with van der Waals surface area (Å²) in [6.07, 6.45) is 84.6. The van der Waals surface area contributed by atoms with E-state index < -0.39 is 26.5 Å². The summed E-state index contributed by atoms with van der Waals surface area (Å²) in [6.45, 7) is 4.30. The topological polar surface area (TPSA) is 108 Å². The number of likely N-dealkylation sites (N-methyl/N-ethyl adjacent to an activating group) is 1. The largest absolute Gasteiger partial charge is 0.472 e. The van der Waals surface area contributed by atoms with Crippen LogP contribution in [-0.4, -0.2) is 74.9 Å². The van der Waals surface area contributed by atoms with Crippen molar-refractivity contribution >= 4 is 19.8 Å². The van der Waals surface area contributed by atoms with E-state index in [1.165, 1.54) is 128 Å². The number of hydrogen-bond acceptors (Lipinski definition) is 7. The maximum absolute atomic E-state index is 12.8. The predicted octanol–water partition coefficient (Wildman–Crippen LogP) is 20.9. The lowest BCUT2D eigenvalue weighted by Gasteiger charge is -2.24. The van der Waals surface area contributed by atoms with Gasteiger partial charge in [-0.2, -0.15) is 0 Å². The first-order valence-corrected chi connectivity index (χ1v) is 34.1. The van der Waals surface area contributed by atoms with Gasteiger partial charge in [-0.3, -0.25) is 18.6 Å². The van der Waals surface area contributed by atoms with Crippen molar-refractivity contribution < 1.29 is 42.1 Å². The number of carbonyl (C=O) groups excluding carboxylic acids is 2. The fourth-order valence-electron chi connectivity index (χ4n) is 8.79. The smallest absolute Gasteiger partial charge is 0.462 e. The van der Waals surface area contributed by atoms with E-state index in [2.05, 4.69) is 123 Å². The first-order valence-electron chi connectivity index (χ1n) is 32.6. The molecule has 0 aromatic carbocycles. The van der Waals surface area contributed by atoms with Crippen molar-refractivity contribution in [2.45, 2.75) is 277 Å². The summed E-state index contributed by atoms with van der Waals surface area (Å²) in [4.78, 5) is 35.8. The molecule has 0 aliphatic carbocycles. The number of allylic oxidation sites excluding steroid dienone is 18. The highest BCUT2D eigenvalue weighted by molar-refractivity contribution is 7.47. The van der Waals surface area contributed by atoms with E-state index in [1.807, 2.05) is 21.1 Å². The molecule has 0 saturated carbocycles. The molecule has 1 N–H and O–H groups in total. The number of phosphoric acid groups is 1. The summed E-state index contributed by atoms with van der Waals surface area (Å²) in [5, 5.41) is 0. The van der Waals surface area contributed by atoms with Gasteiger partial charge in [-0.1, -0.05) is 264 Å². The van der Waals surface area contributed by atoms with Gasteiger partial charge in [-0.05, 0) is 103 Å². The molecule has 9 nitrogen and oxygen atoms in total. The molecular formula is C70H123NO8P+. The van der Waals surface area contributed by atoms with Crippen molar-refractivity contribution in [3.05, 3.63) is 109 Å². The fourth-order valence-corrected chi connectivity index (χ4v) is 9.53. The van der Waals surface area contributed by atoms with E-state index in [0.29, 0.717) is 17.4 Å². The zero-order valence-electron chi connectivity index (χ0n) is 52.3. The second kappa shape index (κ2) is 60.3. The second-order valence-corrected chi connectivity index (χ2v) is 24.2. The summed E-state index contributed by atoms with van der Waals surface area (Å²) in [5.74, 6) is -0.814. The third-order valence-electron chi connectivity index (χ3n) is 13.8. The summed E-state index contributed by atoms with van der Waals surface area (Å²) < 4.78 is 34.6. The van der Waals surface area contributed by atoms with E-state index >= 15 is 0 Å². The minimum atomic E-state index is -4.40. The van der Waals surface area contributed by atoms with Crippen LogP contribution in [0.1, 0.15) is 271 Å². The Morgan fingerprint density at radius 2 is 0.713 bits per heavy atom. The summed E-state index contributed by atoms with van der Waals surface area (Å²) >= 11 is 0. The average molecular weight is 1140 g/mol. The second-order valence-electron chi connectivity index (χ2n) is 22.8. The molecule has 0 aliphatic heterocycles. The van der Waals surface area contributed by atoms with Crippen molar-refractivity contribution in [1.82, 2.24) is 0 Å². The lowest BCUT2D eigenvalue weighted by atomic mass is 10.0. The van der Waals surface area contributed by atoms with Gasteiger partial charge in [0, 0.05) is 12.8 Å². The van der Waals surface area contributed by atoms with E-state index in [0.717, 1.165) is 109 Å². The van der Waals surface area contributed by atoms with Crippen LogP contribution in [0.2, 0.25) is 0 Å². The highest BCUT2D eigenvalue weighted by atomic mass is 31.2. The highest BCUT2D eigenvalue weighted by Crippen LogP contribution is 2.43. The molecule has 0 saturated heterocycles. The molecule has 0 fully saturated rings. The Kier molecular flexibility index (Phi) is 57.8. The Morgan fingerprint density at radius 3 is 1.06 bits per heavy atom. The molecule has 0 aromatic rings. The van der Waals surface area contributed by atoms with Crippen molar-refractivity contribution in [1.29, 1.82) is 0 Å². The minimum absolute atomic E-state index is 0.0236. The van der Waals surface area contributed by atoms with Crippen LogP contribution in [-0.2, 0) is 32.7 Å². The van der Waals surface area contributed by atoms with Crippen LogP contribution in [0.3, 0.4) is 0 Å².